The molecular formula is C12H18N2O3S. The van der Waals surface area contributed by atoms with Gasteiger partial charge in [-0.2, -0.15) is 0 Å². The van der Waals surface area contributed by atoms with E-state index in [2.05, 4.69) is 5.32 Å². The van der Waals surface area contributed by atoms with Crippen molar-refractivity contribution in [1.82, 2.24) is 5.32 Å². The first kappa shape index (κ1) is 14.8. The number of hydrogen-bond donors (Lipinski definition) is 1. The van der Waals surface area contributed by atoms with Crippen LogP contribution in [0.1, 0.15) is 12.0 Å². The first-order valence-corrected chi connectivity index (χ1v) is 7.56. The Hall–Kier alpha value is -1.27. The molecule has 1 N–H and O–H groups in total. The highest BCUT2D eigenvalue weighted by atomic mass is 32.2. The Labute approximate surface area is 109 Å². The molecule has 0 aliphatic carbocycles. The minimum Gasteiger partial charge on any atom is -0.316 e. The molecule has 100 valence electrons. The summed E-state index contributed by atoms with van der Waals surface area (Å²) in [4.78, 5) is 10.1. The van der Waals surface area contributed by atoms with Crippen LogP contribution in [0.5, 0.6) is 0 Å². The van der Waals surface area contributed by atoms with E-state index in [1.807, 2.05) is 0 Å². The highest BCUT2D eigenvalue weighted by Crippen LogP contribution is 2.11. The molecule has 18 heavy (non-hydrogen) atoms. The van der Waals surface area contributed by atoms with Gasteiger partial charge < -0.3 is 5.32 Å². The maximum absolute atomic E-state index is 10.8. The standard InChI is InChI=1S/C12H18N2O3S/c1-18(17)10-2-8-13-9-7-11-3-5-12(6-4-11)14(15)16/h3-6,13H,2,7-10H2,1H3. The lowest BCUT2D eigenvalue weighted by molar-refractivity contribution is -0.384. The molecule has 1 atom stereocenters. The van der Waals surface area contributed by atoms with Crippen LogP contribution in [0.4, 0.5) is 5.69 Å². The molecule has 0 saturated heterocycles. The summed E-state index contributed by atoms with van der Waals surface area (Å²) in [5.41, 5.74) is 1.20. The van der Waals surface area contributed by atoms with Gasteiger partial charge in [-0.25, -0.2) is 0 Å². The van der Waals surface area contributed by atoms with Gasteiger partial charge in [-0.05, 0) is 31.5 Å². The fourth-order valence-electron chi connectivity index (χ4n) is 1.54. The molecule has 0 aliphatic heterocycles. The predicted octanol–water partition coefficient (Wildman–Crippen LogP) is 1.50. The van der Waals surface area contributed by atoms with E-state index in [4.69, 9.17) is 0 Å². The van der Waals surface area contributed by atoms with Crippen LogP contribution in [0.15, 0.2) is 24.3 Å². The molecule has 0 spiro atoms. The third kappa shape index (κ3) is 5.88. The summed E-state index contributed by atoms with van der Waals surface area (Å²) in [5, 5.41) is 13.7. The molecule has 0 amide bonds. The molecule has 1 aromatic rings. The molecule has 0 aliphatic rings. The lowest BCUT2D eigenvalue weighted by atomic mass is 10.1. The average Bonchev–Trinajstić information content (AvgIpc) is 2.34. The van der Waals surface area contributed by atoms with Crippen molar-refractivity contribution >= 4 is 16.5 Å². The third-order valence-electron chi connectivity index (χ3n) is 2.52. The van der Waals surface area contributed by atoms with Crippen LogP contribution in [-0.4, -0.2) is 34.2 Å². The number of benzene rings is 1. The van der Waals surface area contributed by atoms with E-state index in [9.17, 15) is 14.3 Å². The van der Waals surface area contributed by atoms with Crippen molar-refractivity contribution in [2.24, 2.45) is 0 Å². The largest absolute Gasteiger partial charge is 0.316 e. The highest BCUT2D eigenvalue weighted by Gasteiger charge is 2.03. The first-order chi connectivity index (χ1) is 8.59. The summed E-state index contributed by atoms with van der Waals surface area (Å²) in [6.45, 7) is 1.68. The first-order valence-electron chi connectivity index (χ1n) is 5.83. The zero-order valence-electron chi connectivity index (χ0n) is 10.4. The van der Waals surface area contributed by atoms with Gasteiger partial charge in [0.2, 0.25) is 0 Å². The van der Waals surface area contributed by atoms with Crippen molar-refractivity contribution in [3.63, 3.8) is 0 Å². The molecule has 1 aromatic carbocycles. The molecule has 0 fully saturated rings. The van der Waals surface area contributed by atoms with Crippen molar-refractivity contribution in [1.29, 1.82) is 0 Å². The lowest BCUT2D eigenvalue weighted by Gasteiger charge is -2.04. The zero-order chi connectivity index (χ0) is 13.4. The van der Waals surface area contributed by atoms with Crippen LogP contribution in [0.3, 0.4) is 0 Å². The molecule has 0 bridgehead atoms. The van der Waals surface area contributed by atoms with E-state index >= 15 is 0 Å². The quantitative estimate of drug-likeness (QED) is 0.441. The van der Waals surface area contributed by atoms with Crippen LogP contribution < -0.4 is 5.32 Å². The number of hydrogen-bond acceptors (Lipinski definition) is 4. The van der Waals surface area contributed by atoms with Crippen molar-refractivity contribution in [2.75, 3.05) is 25.1 Å². The van der Waals surface area contributed by atoms with Crippen LogP contribution >= 0.6 is 0 Å². The summed E-state index contributed by atoms with van der Waals surface area (Å²) in [5.74, 6) is 0.727. The number of nitro benzene ring substituents is 1. The van der Waals surface area contributed by atoms with Crippen molar-refractivity contribution in [2.45, 2.75) is 12.8 Å². The maximum Gasteiger partial charge on any atom is 0.269 e. The van der Waals surface area contributed by atoms with Crippen LogP contribution in [0.25, 0.3) is 0 Å². The number of nitro groups is 1. The number of non-ortho nitro benzene ring substituents is 1. The van der Waals surface area contributed by atoms with Crippen molar-refractivity contribution < 1.29 is 9.13 Å². The minimum atomic E-state index is -0.718. The predicted molar refractivity (Wildman–Crippen MR) is 73.2 cm³/mol. The van der Waals surface area contributed by atoms with Crippen LogP contribution in [0.2, 0.25) is 0 Å². The number of nitrogens with zero attached hydrogens (tertiary/aromatic N) is 1. The Morgan fingerprint density at radius 1 is 1.28 bits per heavy atom. The van der Waals surface area contributed by atoms with Gasteiger partial charge in [0.1, 0.15) is 0 Å². The van der Waals surface area contributed by atoms with E-state index in [-0.39, 0.29) is 5.69 Å². The second kappa shape index (κ2) is 7.94. The van der Waals surface area contributed by atoms with Gasteiger partial charge in [0.05, 0.1) is 4.92 Å². The minimum absolute atomic E-state index is 0.122. The van der Waals surface area contributed by atoms with Crippen LogP contribution in [-0.2, 0) is 17.2 Å². The molecule has 1 rings (SSSR count). The Morgan fingerprint density at radius 2 is 1.94 bits per heavy atom. The van der Waals surface area contributed by atoms with Gasteiger partial charge in [0, 0.05) is 34.9 Å². The van der Waals surface area contributed by atoms with Gasteiger partial charge in [-0.15, -0.1) is 0 Å². The van der Waals surface area contributed by atoms with E-state index in [0.717, 1.165) is 37.2 Å². The van der Waals surface area contributed by atoms with Crippen molar-refractivity contribution in [3.8, 4) is 0 Å². The second-order valence-electron chi connectivity index (χ2n) is 4.05. The summed E-state index contributed by atoms with van der Waals surface area (Å²) in [6, 6.07) is 6.60. The summed E-state index contributed by atoms with van der Waals surface area (Å²) < 4.78 is 10.8. The molecule has 0 heterocycles. The average molecular weight is 270 g/mol. The normalized spacial score (nSPS) is 12.3. The fourth-order valence-corrected chi connectivity index (χ4v) is 2.09. The summed E-state index contributed by atoms with van der Waals surface area (Å²) >= 11 is 0. The zero-order valence-corrected chi connectivity index (χ0v) is 11.2. The van der Waals surface area contributed by atoms with Gasteiger partial charge in [-0.3, -0.25) is 14.3 Å². The highest BCUT2D eigenvalue weighted by molar-refractivity contribution is 7.84. The molecule has 6 heteroatoms. The topological polar surface area (TPSA) is 72.2 Å². The summed E-state index contributed by atoms with van der Waals surface area (Å²) in [7, 11) is -0.718. The smallest absolute Gasteiger partial charge is 0.269 e. The Bertz CT molecular complexity index is 406. The molecule has 1 unspecified atom stereocenters. The third-order valence-corrected chi connectivity index (χ3v) is 3.39. The fraction of sp³-hybridized carbons (Fsp3) is 0.500. The Balaban J connectivity index is 2.19. The Morgan fingerprint density at radius 3 is 2.50 bits per heavy atom. The molecule has 5 nitrogen and oxygen atoms in total. The van der Waals surface area contributed by atoms with Gasteiger partial charge in [0.25, 0.3) is 5.69 Å². The molecule has 0 saturated carbocycles. The van der Waals surface area contributed by atoms with Gasteiger partial charge >= 0.3 is 0 Å². The van der Waals surface area contributed by atoms with E-state index in [1.165, 1.54) is 12.1 Å². The molecule has 0 radical (unpaired) electrons. The lowest BCUT2D eigenvalue weighted by Crippen LogP contribution is -2.19. The molecule has 0 aromatic heterocycles. The Kier molecular flexibility index (Phi) is 6.53. The van der Waals surface area contributed by atoms with Crippen LogP contribution in [0, 0.1) is 10.1 Å². The number of rotatable bonds is 8. The van der Waals surface area contributed by atoms with E-state index in [1.54, 1.807) is 18.4 Å². The van der Waals surface area contributed by atoms with Crippen molar-refractivity contribution in [3.05, 3.63) is 39.9 Å². The number of nitrogens with one attached hydrogen (secondary N) is 1. The SMILES string of the molecule is CS(=O)CCCNCCc1ccc([N+](=O)[O-])cc1. The summed E-state index contributed by atoms with van der Waals surface area (Å²) in [6.07, 6.45) is 3.45. The van der Waals surface area contributed by atoms with E-state index < -0.39 is 15.7 Å². The molecular weight excluding hydrogens is 252 g/mol. The van der Waals surface area contributed by atoms with Gasteiger partial charge in [-0.1, -0.05) is 12.1 Å². The van der Waals surface area contributed by atoms with E-state index in [0.29, 0.717) is 0 Å². The monoisotopic (exact) mass is 270 g/mol. The second-order valence-corrected chi connectivity index (χ2v) is 5.61. The van der Waals surface area contributed by atoms with Gasteiger partial charge in [0.15, 0.2) is 0 Å². The maximum atomic E-state index is 10.8.